The maximum absolute atomic E-state index is 12.5. The van der Waals surface area contributed by atoms with Crippen LogP contribution in [-0.2, 0) is 10.0 Å². The van der Waals surface area contributed by atoms with Gasteiger partial charge in [0.15, 0.2) is 0 Å². The molecule has 0 aromatic heterocycles. The summed E-state index contributed by atoms with van der Waals surface area (Å²) in [6, 6.07) is 6.47. The lowest BCUT2D eigenvalue weighted by Crippen LogP contribution is -2.28. The summed E-state index contributed by atoms with van der Waals surface area (Å²) in [6.07, 6.45) is 2.10. The monoisotopic (exact) mass is 315 g/mol. The minimum absolute atomic E-state index is 0.132. The van der Waals surface area contributed by atoms with Crippen LogP contribution in [0.25, 0.3) is 0 Å². The van der Waals surface area contributed by atoms with Gasteiger partial charge in [-0.15, -0.1) is 0 Å². The third kappa shape index (κ3) is 5.07. The summed E-state index contributed by atoms with van der Waals surface area (Å²) in [7, 11) is -1.98. The largest absolute Gasteiger partial charge is 0.396 e. The van der Waals surface area contributed by atoms with Crippen molar-refractivity contribution in [3.63, 3.8) is 0 Å². The first-order chi connectivity index (χ1) is 9.93. The Labute approximate surface area is 127 Å². The number of aliphatic hydroxyl groups is 2. The number of hydrogen-bond donors (Lipinski definition) is 2. The first kappa shape index (κ1) is 18.1. The third-order valence-electron chi connectivity index (χ3n) is 3.47. The molecule has 0 aliphatic rings. The van der Waals surface area contributed by atoms with Crippen molar-refractivity contribution in [3.05, 3.63) is 29.8 Å². The molecule has 1 aromatic carbocycles. The van der Waals surface area contributed by atoms with E-state index in [1.165, 1.54) is 10.4 Å². The SMILES string of the molecule is CCC(O)c1cccc(S(=O)(=O)N(C)CCCCCO)c1. The average molecular weight is 315 g/mol. The highest BCUT2D eigenvalue weighted by Crippen LogP contribution is 2.22. The lowest BCUT2D eigenvalue weighted by molar-refractivity contribution is 0.173. The number of hydrogen-bond acceptors (Lipinski definition) is 4. The zero-order valence-corrected chi connectivity index (χ0v) is 13.5. The molecule has 0 aliphatic carbocycles. The van der Waals surface area contributed by atoms with Crippen molar-refractivity contribution in [1.29, 1.82) is 0 Å². The quantitative estimate of drug-likeness (QED) is 0.682. The molecule has 1 rings (SSSR count). The van der Waals surface area contributed by atoms with Crippen molar-refractivity contribution in [2.45, 2.75) is 43.6 Å². The van der Waals surface area contributed by atoms with Gasteiger partial charge in [0, 0.05) is 20.2 Å². The molecule has 0 aliphatic heterocycles. The molecule has 0 saturated carbocycles. The Kier molecular flexibility index (Phi) is 7.31. The number of rotatable bonds is 9. The van der Waals surface area contributed by atoms with Crippen molar-refractivity contribution in [2.75, 3.05) is 20.2 Å². The lowest BCUT2D eigenvalue weighted by atomic mass is 10.1. The van der Waals surface area contributed by atoms with E-state index in [-0.39, 0.29) is 11.5 Å². The van der Waals surface area contributed by atoms with E-state index in [2.05, 4.69) is 0 Å². The highest BCUT2D eigenvalue weighted by Gasteiger charge is 2.21. The number of unbranched alkanes of at least 4 members (excludes halogenated alkanes) is 2. The van der Waals surface area contributed by atoms with Gasteiger partial charge in [0.2, 0.25) is 10.0 Å². The van der Waals surface area contributed by atoms with Gasteiger partial charge in [-0.3, -0.25) is 0 Å². The van der Waals surface area contributed by atoms with Gasteiger partial charge in [-0.2, -0.15) is 0 Å². The van der Waals surface area contributed by atoms with Gasteiger partial charge in [0.1, 0.15) is 0 Å². The van der Waals surface area contributed by atoms with E-state index in [0.29, 0.717) is 31.4 Å². The smallest absolute Gasteiger partial charge is 0.242 e. The Morgan fingerprint density at radius 2 is 1.95 bits per heavy atom. The van der Waals surface area contributed by atoms with Crippen LogP contribution in [0.3, 0.4) is 0 Å². The number of aliphatic hydroxyl groups excluding tert-OH is 2. The highest BCUT2D eigenvalue weighted by molar-refractivity contribution is 7.89. The topological polar surface area (TPSA) is 77.8 Å². The van der Waals surface area contributed by atoms with Crippen LogP contribution in [0.5, 0.6) is 0 Å². The van der Waals surface area contributed by atoms with Crippen LogP contribution in [0.4, 0.5) is 0 Å². The molecule has 0 saturated heterocycles. The Hall–Kier alpha value is -0.950. The van der Waals surface area contributed by atoms with Crippen molar-refractivity contribution < 1.29 is 18.6 Å². The van der Waals surface area contributed by atoms with Gasteiger partial charge in [-0.05, 0) is 43.4 Å². The van der Waals surface area contributed by atoms with Crippen LogP contribution in [0.15, 0.2) is 29.2 Å². The summed E-state index contributed by atoms with van der Waals surface area (Å²) in [5.41, 5.74) is 0.618. The second-order valence-corrected chi connectivity index (χ2v) is 7.15. The number of benzene rings is 1. The molecule has 6 heteroatoms. The predicted molar refractivity (Wildman–Crippen MR) is 82.4 cm³/mol. The van der Waals surface area contributed by atoms with Gasteiger partial charge >= 0.3 is 0 Å². The molecule has 1 atom stereocenters. The molecule has 21 heavy (non-hydrogen) atoms. The van der Waals surface area contributed by atoms with E-state index >= 15 is 0 Å². The molecular weight excluding hydrogens is 290 g/mol. The van der Waals surface area contributed by atoms with Crippen molar-refractivity contribution in [1.82, 2.24) is 4.31 Å². The summed E-state index contributed by atoms with van der Waals surface area (Å²) < 4.78 is 26.2. The van der Waals surface area contributed by atoms with E-state index in [1.54, 1.807) is 25.2 Å². The lowest BCUT2D eigenvalue weighted by Gasteiger charge is -2.18. The van der Waals surface area contributed by atoms with Crippen LogP contribution in [-0.4, -0.2) is 43.1 Å². The second kappa shape index (κ2) is 8.48. The first-order valence-corrected chi connectivity index (χ1v) is 8.72. The Morgan fingerprint density at radius 1 is 1.24 bits per heavy atom. The molecule has 0 amide bonds. The molecule has 1 aromatic rings. The van der Waals surface area contributed by atoms with E-state index in [4.69, 9.17) is 5.11 Å². The Balaban J connectivity index is 2.82. The Morgan fingerprint density at radius 3 is 2.57 bits per heavy atom. The summed E-state index contributed by atoms with van der Waals surface area (Å²) in [6.45, 7) is 2.40. The van der Waals surface area contributed by atoms with Gasteiger partial charge in [0.25, 0.3) is 0 Å². The van der Waals surface area contributed by atoms with Gasteiger partial charge < -0.3 is 10.2 Å². The number of nitrogens with zero attached hydrogens (tertiary/aromatic N) is 1. The second-order valence-electron chi connectivity index (χ2n) is 5.11. The first-order valence-electron chi connectivity index (χ1n) is 7.28. The average Bonchev–Trinajstić information content (AvgIpc) is 2.50. The van der Waals surface area contributed by atoms with Crippen LogP contribution in [0.2, 0.25) is 0 Å². The fourth-order valence-electron chi connectivity index (χ4n) is 2.04. The van der Waals surface area contributed by atoms with E-state index in [0.717, 1.165) is 6.42 Å². The molecule has 2 N–H and O–H groups in total. The highest BCUT2D eigenvalue weighted by atomic mass is 32.2. The summed E-state index contributed by atoms with van der Waals surface area (Å²) in [5, 5.41) is 18.5. The van der Waals surface area contributed by atoms with E-state index < -0.39 is 16.1 Å². The zero-order valence-electron chi connectivity index (χ0n) is 12.7. The predicted octanol–water partition coefficient (Wildman–Crippen LogP) is 1.91. The number of sulfonamides is 1. The molecule has 1 unspecified atom stereocenters. The fourth-order valence-corrected chi connectivity index (χ4v) is 3.31. The molecule has 120 valence electrons. The van der Waals surface area contributed by atoms with Crippen molar-refractivity contribution in [3.8, 4) is 0 Å². The normalized spacial score (nSPS) is 13.6. The maximum Gasteiger partial charge on any atom is 0.242 e. The molecule has 0 bridgehead atoms. The molecule has 0 heterocycles. The maximum atomic E-state index is 12.5. The fraction of sp³-hybridized carbons (Fsp3) is 0.600. The van der Waals surface area contributed by atoms with Gasteiger partial charge in [0.05, 0.1) is 11.0 Å². The van der Waals surface area contributed by atoms with Crippen LogP contribution >= 0.6 is 0 Å². The summed E-state index contributed by atoms with van der Waals surface area (Å²) in [4.78, 5) is 0.206. The Bertz CT molecular complexity index is 530. The van der Waals surface area contributed by atoms with Crippen LogP contribution < -0.4 is 0 Å². The standard InChI is InChI=1S/C15H25NO4S/c1-3-15(18)13-8-7-9-14(12-13)21(19,20)16(2)10-5-4-6-11-17/h7-9,12,15,17-18H,3-6,10-11H2,1-2H3. The van der Waals surface area contributed by atoms with Crippen molar-refractivity contribution >= 4 is 10.0 Å². The zero-order chi connectivity index (χ0) is 15.9. The molecule has 0 fully saturated rings. The molecule has 0 spiro atoms. The van der Waals surface area contributed by atoms with Crippen molar-refractivity contribution in [2.24, 2.45) is 0 Å². The summed E-state index contributed by atoms with van der Waals surface area (Å²) >= 11 is 0. The van der Waals surface area contributed by atoms with E-state index in [9.17, 15) is 13.5 Å². The minimum Gasteiger partial charge on any atom is -0.396 e. The van der Waals surface area contributed by atoms with Crippen LogP contribution in [0.1, 0.15) is 44.3 Å². The minimum atomic E-state index is -3.53. The van der Waals surface area contributed by atoms with E-state index in [1.807, 2.05) is 6.92 Å². The van der Waals surface area contributed by atoms with Crippen LogP contribution in [0, 0.1) is 0 Å². The summed E-state index contributed by atoms with van der Waals surface area (Å²) in [5.74, 6) is 0. The van der Waals surface area contributed by atoms with Gasteiger partial charge in [-0.25, -0.2) is 12.7 Å². The van der Waals surface area contributed by atoms with Gasteiger partial charge in [-0.1, -0.05) is 19.1 Å². The third-order valence-corrected chi connectivity index (χ3v) is 5.32. The molecule has 0 radical (unpaired) electrons. The molecule has 5 nitrogen and oxygen atoms in total. The molecular formula is C15H25NO4S.